The highest BCUT2D eigenvalue weighted by Gasteiger charge is 2.40. The number of amides is 2. The van der Waals surface area contributed by atoms with E-state index in [4.69, 9.17) is 32.7 Å². The van der Waals surface area contributed by atoms with E-state index in [1.807, 2.05) is 6.92 Å². The Morgan fingerprint density at radius 1 is 1.16 bits per heavy atom. The number of hydrogen-bond acceptors (Lipinski definition) is 5. The molecule has 1 fully saturated rings. The number of rotatable bonds is 6. The van der Waals surface area contributed by atoms with Gasteiger partial charge in [-0.3, -0.25) is 9.59 Å². The van der Waals surface area contributed by atoms with Gasteiger partial charge in [0.25, 0.3) is 0 Å². The normalized spacial score (nSPS) is 21.8. The maximum Gasteiger partial charge on any atom is 0.341 e. The number of nitrogens with one attached hydrogen (secondary N) is 1. The van der Waals surface area contributed by atoms with Gasteiger partial charge in [0.2, 0.25) is 0 Å². The van der Waals surface area contributed by atoms with Crippen molar-refractivity contribution < 1.29 is 23.9 Å². The molecular formula is C22H26Cl2N2O5. The largest absolute Gasteiger partial charge is 0.465 e. The van der Waals surface area contributed by atoms with Crippen LogP contribution < -0.4 is 10.1 Å². The van der Waals surface area contributed by atoms with Gasteiger partial charge in [-0.25, -0.2) is 9.79 Å². The lowest BCUT2D eigenvalue weighted by Crippen LogP contribution is -2.45. The third-order valence-electron chi connectivity index (χ3n) is 5.64. The number of carbonyl (C=O) groups excluding carboxylic acids is 3. The first-order chi connectivity index (χ1) is 14.8. The molecule has 1 saturated carbocycles. The minimum atomic E-state index is -0.794. The Kier molecular flexibility index (Phi) is 7.94. The van der Waals surface area contributed by atoms with E-state index < -0.39 is 29.9 Å². The number of hydrogen-bond donors (Lipinski definition) is 1. The molecule has 1 heterocycles. The van der Waals surface area contributed by atoms with Gasteiger partial charge in [-0.2, -0.15) is 0 Å². The zero-order valence-electron chi connectivity index (χ0n) is 17.6. The van der Waals surface area contributed by atoms with Crippen LogP contribution in [0.1, 0.15) is 64.0 Å². The SMILES string of the molecule is CCC1=NC(=O)NC(c2cc(Cl)c(OC(C)=O)c(Cl)c2)C1C(=O)OCC1CCCCC1. The van der Waals surface area contributed by atoms with Crippen molar-refractivity contribution in [1.29, 1.82) is 0 Å². The average molecular weight is 469 g/mol. The van der Waals surface area contributed by atoms with Crippen LogP contribution in [0.4, 0.5) is 4.79 Å². The molecule has 0 bridgehead atoms. The van der Waals surface area contributed by atoms with E-state index in [0.717, 1.165) is 25.7 Å². The Morgan fingerprint density at radius 3 is 2.39 bits per heavy atom. The molecule has 1 aliphatic carbocycles. The number of benzene rings is 1. The molecule has 1 aromatic rings. The molecule has 1 aliphatic heterocycles. The van der Waals surface area contributed by atoms with Crippen molar-refractivity contribution in [2.45, 2.75) is 58.4 Å². The Bertz CT molecular complexity index is 873. The summed E-state index contributed by atoms with van der Waals surface area (Å²) in [7, 11) is 0. The molecular weight excluding hydrogens is 443 g/mol. The third kappa shape index (κ3) is 5.77. The van der Waals surface area contributed by atoms with Crippen LogP contribution in [0.2, 0.25) is 10.0 Å². The highest BCUT2D eigenvalue weighted by Crippen LogP contribution is 2.39. The number of urea groups is 1. The quantitative estimate of drug-likeness (QED) is 0.452. The van der Waals surface area contributed by atoms with Crippen LogP contribution in [-0.2, 0) is 14.3 Å². The summed E-state index contributed by atoms with van der Waals surface area (Å²) in [6, 6.07) is 1.75. The van der Waals surface area contributed by atoms with Gasteiger partial charge in [-0.15, -0.1) is 0 Å². The highest BCUT2D eigenvalue weighted by atomic mass is 35.5. The molecule has 0 saturated heterocycles. The molecule has 2 unspecified atom stereocenters. The van der Waals surface area contributed by atoms with E-state index in [1.54, 1.807) is 0 Å². The van der Waals surface area contributed by atoms with Crippen molar-refractivity contribution in [2.24, 2.45) is 16.8 Å². The van der Waals surface area contributed by atoms with E-state index in [9.17, 15) is 14.4 Å². The van der Waals surface area contributed by atoms with Gasteiger partial charge < -0.3 is 14.8 Å². The summed E-state index contributed by atoms with van der Waals surface area (Å²) in [5.41, 5.74) is 0.943. The second-order valence-corrected chi connectivity index (χ2v) is 8.72. The van der Waals surface area contributed by atoms with Crippen molar-refractivity contribution in [1.82, 2.24) is 5.32 Å². The van der Waals surface area contributed by atoms with Gasteiger partial charge in [0, 0.05) is 12.6 Å². The summed E-state index contributed by atoms with van der Waals surface area (Å²) in [6.07, 6.45) is 6.04. The first kappa shape index (κ1) is 23.5. The molecule has 9 heteroatoms. The van der Waals surface area contributed by atoms with Crippen molar-refractivity contribution >= 4 is 46.9 Å². The standard InChI is InChI=1S/C22H26Cl2N2O5/c1-3-17-18(21(28)30-11-13-7-5-4-6-8-13)19(26-22(29)25-17)14-9-15(23)20(16(24)10-14)31-12(2)27/h9-10,13,18-19H,3-8,11H2,1-2H3,(H,26,29). The van der Waals surface area contributed by atoms with Crippen molar-refractivity contribution in [3.8, 4) is 5.75 Å². The van der Waals surface area contributed by atoms with Crippen molar-refractivity contribution in [3.05, 3.63) is 27.7 Å². The predicted molar refractivity (Wildman–Crippen MR) is 118 cm³/mol. The molecule has 0 radical (unpaired) electrons. The first-order valence-electron chi connectivity index (χ1n) is 10.5. The molecule has 7 nitrogen and oxygen atoms in total. The Balaban J connectivity index is 1.87. The third-order valence-corrected chi connectivity index (χ3v) is 6.21. The number of nitrogens with zero attached hydrogens (tertiary/aromatic N) is 1. The fourth-order valence-corrected chi connectivity index (χ4v) is 4.71. The maximum atomic E-state index is 13.1. The van der Waals surface area contributed by atoms with Gasteiger partial charge in [-0.05, 0) is 42.9 Å². The fourth-order valence-electron chi connectivity index (χ4n) is 4.13. The topological polar surface area (TPSA) is 94.1 Å². The molecule has 1 N–H and O–H groups in total. The summed E-state index contributed by atoms with van der Waals surface area (Å²) in [6.45, 7) is 3.43. The predicted octanol–water partition coefficient (Wildman–Crippen LogP) is 5.27. The van der Waals surface area contributed by atoms with Crippen LogP contribution in [0.3, 0.4) is 0 Å². The monoisotopic (exact) mass is 468 g/mol. The number of aliphatic imine (C=N–C) groups is 1. The van der Waals surface area contributed by atoms with E-state index in [2.05, 4.69) is 10.3 Å². The van der Waals surface area contributed by atoms with E-state index in [0.29, 0.717) is 30.2 Å². The zero-order chi connectivity index (χ0) is 22.5. The lowest BCUT2D eigenvalue weighted by Gasteiger charge is -2.31. The van der Waals surface area contributed by atoms with Crippen LogP contribution in [-0.4, -0.2) is 30.3 Å². The van der Waals surface area contributed by atoms with Gasteiger partial charge in [0.1, 0.15) is 5.92 Å². The van der Waals surface area contributed by atoms with E-state index in [-0.39, 0.29) is 15.8 Å². The molecule has 2 amide bonds. The maximum absolute atomic E-state index is 13.1. The van der Waals surface area contributed by atoms with E-state index in [1.165, 1.54) is 25.5 Å². The molecule has 31 heavy (non-hydrogen) atoms. The lowest BCUT2D eigenvalue weighted by atomic mass is 9.86. The Labute approximate surface area is 191 Å². The van der Waals surface area contributed by atoms with Crippen LogP contribution in [0.15, 0.2) is 17.1 Å². The second kappa shape index (κ2) is 10.5. The molecule has 3 rings (SSSR count). The Morgan fingerprint density at radius 2 is 1.81 bits per heavy atom. The zero-order valence-corrected chi connectivity index (χ0v) is 19.1. The van der Waals surface area contributed by atoms with Crippen LogP contribution in [0, 0.1) is 11.8 Å². The minimum Gasteiger partial charge on any atom is -0.465 e. The second-order valence-electron chi connectivity index (χ2n) is 7.90. The summed E-state index contributed by atoms with van der Waals surface area (Å²) < 4.78 is 10.7. The Hall–Kier alpha value is -2.12. The molecule has 168 valence electrons. The number of carbonyl (C=O) groups is 3. The van der Waals surface area contributed by atoms with Crippen LogP contribution in [0.5, 0.6) is 5.75 Å². The van der Waals surface area contributed by atoms with Crippen molar-refractivity contribution in [3.63, 3.8) is 0 Å². The summed E-state index contributed by atoms with van der Waals surface area (Å²) in [5.74, 6) is -1.40. The molecule has 0 aromatic heterocycles. The summed E-state index contributed by atoms with van der Waals surface area (Å²) in [4.78, 5) is 40.6. The first-order valence-corrected chi connectivity index (χ1v) is 11.3. The highest BCUT2D eigenvalue weighted by molar-refractivity contribution is 6.37. The fraction of sp³-hybridized carbons (Fsp3) is 0.545. The molecule has 2 aliphatic rings. The molecule has 2 atom stereocenters. The van der Waals surface area contributed by atoms with Gasteiger partial charge >= 0.3 is 18.0 Å². The summed E-state index contributed by atoms with van der Waals surface area (Å²) in [5, 5.41) is 2.93. The minimum absolute atomic E-state index is 0.0301. The summed E-state index contributed by atoms with van der Waals surface area (Å²) >= 11 is 12.5. The average Bonchev–Trinajstić information content (AvgIpc) is 2.74. The van der Waals surface area contributed by atoms with E-state index >= 15 is 0 Å². The number of esters is 2. The number of halogens is 2. The lowest BCUT2D eigenvalue weighted by molar-refractivity contribution is -0.148. The van der Waals surface area contributed by atoms with Crippen LogP contribution >= 0.6 is 23.2 Å². The molecule has 0 spiro atoms. The van der Waals surface area contributed by atoms with Crippen LogP contribution in [0.25, 0.3) is 0 Å². The van der Waals surface area contributed by atoms with Gasteiger partial charge in [0.05, 0.1) is 22.7 Å². The molecule has 1 aromatic carbocycles. The van der Waals surface area contributed by atoms with Crippen molar-refractivity contribution in [2.75, 3.05) is 6.61 Å². The smallest absolute Gasteiger partial charge is 0.341 e. The van der Waals surface area contributed by atoms with Gasteiger partial charge in [0.15, 0.2) is 5.75 Å². The number of ether oxygens (including phenoxy) is 2. The van der Waals surface area contributed by atoms with Gasteiger partial charge in [-0.1, -0.05) is 49.4 Å².